The number of allylic oxidation sites excluding steroid dienone is 1. The number of rotatable bonds is 3. The summed E-state index contributed by atoms with van der Waals surface area (Å²) in [6, 6.07) is 1.74. The highest BCUT2D eigenvalue weighted by molar-refractivity contribution is 6.00. The van der Waals surface area contributed by atoms with Crippen LogP contribution in [0.25, 0.3) is 0 Å². The van der Waals surface area contributed by atoms with Gasteiger partial charge in [0.25, 0.3) is 0 Å². The van der Waals surface area contributed by atoms with Gasteiger partial charge in [0.05, 0.1) is 5.56 Å². The number of nitrogens with zero attached hydrogens (tertiary/aromatic N) is 1. The van der Waals surface area contributed by atoms with Gasteiger partial charge >= 0.3 is 0 Å². The summed E-state index contributed by atoms with van der Waals surface area (Å²) in [5.41, 5.74) is 6.97. The maximum Gasteiger partial charge on any atom is 0.170 e. The summed E-state index contributed by atoms with van der Waals surface area (Å²) in [6.45, 7) is 5.37. The molecule has 0 aromatic carbocycles. The highest BCUT2D eigenvalue weighted by Crippen LogP contribution is 2.12. The van der Waals surface area contributed by atoms with Gasteiger partial charge in [0, 0.05) is 12.6 Å². The molecule has 0 unspecified atom stereocenters. The van der Waals surface area contributed by atoms with Crippen molar-refractivity contribution in [3.8, 4) is 0 Å². The average Bonchev–Trinajstić information content (AvgIpc) is 2.09. The number of hydrogen-bond donors (Lipinski definition) is 1. The normalized spacial score (nSPS) is 9.62. The number of pyridine rings is 1. The van der Waals surface area contributed by atoms with Gasteiger partial charge in [-0.15, -0.1) is 6.58 Å². The quantitative estimate of drug-likeness (QED) is 0.563. The Morgan fingerprint density at radius 3 is 3.08 bits per heavy atom. The fourth-order valence-corrected chi connectivity index (χ4v) is 1.04. The van der Waals surface area contributed by atoms with Crippen molar-refractivity contribution >= 4 is 11.6 Å². The minimum atomic E-state index is -0.0382. The van der Waals surface area contributed by atoms with Gasteiger partial charge in [-0.3, -0.25) is 4.79 Å². The smallest absolute Gasteiger partial charge is 0.170 e. The Hall–Kier alpha value is -1.64. The number of aromatic nitrogens is 1. The van der Waals surface area contributed by atoms with E-state index >= 15 is 0 Å². The standard InChI is InChI=1S/C10H12N2O/c1-3-4-9(13)8-5-7(2)6-12-10(8)11/h3,5-6H,1,4H2,2H3,(H2,11,12). The molecule has 3 nitrogen and oxygen atoms in total. The first-order valence-corrected chi connectivity index (χ1v) is 4.01. The minimum absolute atomic E-state index is 0.0382. The molecule has 0 atom stereocenters. The van der Waals surface area contributed by atoms with Crippen molar-refractivity contribution in [3.63, 3.8) is 0 Å². The summed E-state index contributed by atoms with van der Waals surface area (Å²) in [4.78, 5) is 15.3. The lowest BCUT2D eigenvalue weighted by atomic mass is 10.1. The highest BCUT2D eigenvalue weighted by Gasteiger charge is 2.08. The third-order valence-electron chi connectivity index (χ3n) is 1.69. The van der Waals surface area contributed by atoms with E-state index in [4.69, 9.17) is 5.73 Å². The van der Waals surface area contributed by atoms with Gasteiger partial charge in [-0.2, -0.15) is 0 Å². The molecule has 1 heterocycles. The van der Waals surface area contributed by atoms with Crippen molar-refractivity contribution < 1.29 is 4.79 Å². The first kappa shape index (κ1) is 9.45. The number of ketones is 1. The summed E-state index contributed by atoms with van der Waals surface area (Å²) in [5, 5.41) is 0. The molecule has 0 spiro atoms. The second-order valence-corrected chi connectivity index (χ2v) is 2.86. The van der Waals surface area contributed by atoms with Crippen molar-refractivity contribution in [1.82, 2.24) is 4.98 Å². The van der Waals surface area contributed by atoms with Crippen LogP contribution in [-0.2, 0) is 0 Å². The van der Waals surface area contributed by atoms with Crippen LogP contribution in [0.1, 0.15) is 22.3 Å². The molecule has 68 valence electrons. The van der Waals surface area contributed by atoms with Crippen molar-refractivity contribution in [2.45, 2.75) is 13.3 Å². The van der Waals surface area contributed by atoms with E-state index in [1.54, 1.807) is 18.3 Å². The van der Waals surface area contributed by atoms with Gasteiger partial charge < -0.3 is 5.73 Å². The zero-order valence-electron chi connectivity index (χ0n) is 7.58. The topological polar surface area (TPSA) is 56.0 Å². The summed E-state index contributed by atoms with van der Waals surface area (Å²) >= 11 is 0. The largest absolute Gasteiger partial charge is 0.383 e. The van der Waals surface area contributed by atoms with E-state index in [1.165, 1.54) is 0 Å². The Bertz CT molecular complexity index is 345. The van der Waals surface area contributed by atoms with Crippen LogP contribution in [0.4, 0.5) is 5.82 Å². The van der Waals surface area contributed by atoms with Crippen LogP contribution in [-0.4, -0.2) is 10.8 Å². The number of aryl methyl sites for hydroxylation is 1. The highest BCUT2D eigenvalue weighted by atomic mass is 16.1. The molecule has 0 saturated carbocycles. The molecule has 0 aliphatic rings. The van der Waals surface area contributed by atoms with Crippen LogP contribution in [0.5, 0.6) is 0 Å². The second-order valence-electron chi connectivity index (χ2n) is 2.86. The molecule has 1 rings (SSSR count). The molecule has 0 aliphatic carbocycles. The lowest BCUT2D eigenvalue weighted by Crippen LogP contribution is -2.04. The number of carbonyl (C=O) groups is 1. The molecular weight excluding hydrogens is 164 g/mol. The number of anilines is 1. The van der Waals surface area contributed by atoms with E-state index in [0.717, 1.165) is 5.56 Å². The fourth-order valence-electron chi connectivity index (χ4n) is 1.04. The van der Waals surface area contributed by atoms with Crippen LogP contribution in [0.15, 0.2) is 24.9 Å². The molecule has 0 amide bonds. The van der Waals surface area contributed by atoms with Crippen LogP contribution < -0.4 is 5.73 Å². The maximum absolute atomic E-state index is 11.4. The zero-order chi connectivity index (χ0) is 9.84. The van der Waals surface area contributed by atoms with E-state index < -0.39 is 0 Å². The second kappa shape index (κ2) is 3.85. The predicted octanol–water partition coefficient (Wildman–Crippen LogP) is 1.73. The van der Waals surface area contributed by atoms with Gasteiger partial charge in [-0.1, -0.05) is 6.08 Å². The Morgan fingerprint density at radius 2 is 2.46 bits per heavy atom. The minimum Gasteiger partial charge on any atom is -0.383 e. The number of nitrogen functional groups attached to an aromatic ring is 1. The van der Waals surface area contributed by atoms with Crippen molar-refractivity contribution in [2.24, 2.45) is 0 Å². The van der Waals surface area contributed by atoms with Crippen molar-refractivity contribution in [2.75, 3.05) is 5.73 Å². The fraction of sp³-hybridized carbons (Fsp3) is 0.200. The van der Waals surface area contributed by atoms with Gasteiger partial charge in [0.15, 0.2) is 5.78 Å². The summed E-state index contributed by atoms with van der Waals surface area (Å²) in [5.74, 6) is 0.251. The molecule has 0 bridgehead atoms. The molecule has 0 aliphatic heterocycles. The number of carbonyl (C=O) groups excluding carboxylic acids is 1. The Labute approximate surface area is 77.3 Å². The van der Waals surface area contributed by atoms with E-state index in [9.17, 15) is 4.79 Å². The molecule has 1 aromatic rings. The molecule has 2 N–H and O–H groups in total. The predicted molar refractivity (Wildman–Crippen MR) is 52.5 cm³/mol. The maximum atomic E-state index is 11.4. The average molecular weight is 176 g/mol. The third-order valence-corrected chi connectivity index (χ3v) is 1.69. The van der Waals surface area contributed by atoms with E-state index in [1.807, 2.05) is 6.92 Å². The molecule has 0 fully saturated rings. The Balaban J connectivity index is 3.05. The lowest BCUT2D eigenvalue weighted by Gasteiger charge is -2.02. The first-order chi connectivity index (χ1) is 6.15. The Kier molecular flexibility index (Phi) is 2.80. The number of nitrogens with two attached hydrogens (primary N) is 1. The number of hydrogen-bond acceptors (Lipinski definition) is 3. The van der Waals surface area contributed by atoms with Gasteiger partial charge in [-0.05, 0) is 18.6 Å². The van der Waals surface area contributed by atoms with Gasteiger partial charge in [0.1, 0.15) is 5.82 Å². The SMILES string of the molecule is C=CCC(=O)c1cc(C)cnc1N. The summed E-state index contributed by atoms with van der Waals surface area (Å²) in [6.07, 6.45) is 3.50. The molecular formula is C10H12N2O. The molecule has 1 aromatic heterocycles. The first-order valence-electron chi connectivity index (χ1n) is 4.01. The van der Waals surface area contributed by atoms with Crippen LogP contribution in [0.3, 0.4) is 0 Å². The molecule has 0 saturated heterocycles. The van der Waals surface area contributed by atoms with Gasteiger partial charge in [0.2, 0.25) is 0 Å². The van der Waals surface area contributed by atoms with Crippen LogP contribution in [0, 0.1) is 6.92 Å². The summed E-state index contributed by atoms with van der Waals surface area (Å²) in [7, 11) is 0. The van der Waals surface area contributed by atoms with E-state index in [2.05, 4.69) is 11.6 Å². The Morgan fingerprint density at radius 1 is 1.77 bits per heavy atom. The van der Waals surface area contributed by atoms with E-state index in [0.29, 0.717) is 12.0 Å². The summed E-state index contributed by atoms with van der Waals surface area (Å²) < 4.78 is 0. The van der Waals surface area contributed by atoms with Crippen molar-refractivity contribution in [1.29, 1.82) is 0 Å². The third kappa shape index (κ3) is 2.15. The van der Waals surface area contributed by atoms with E-state index in [-0.39, 0.29) is 11.6 Å². The monoisotopic (exact) mass is 176 g/mol. The zero-order valence-corrected chi connectivity index (χ0v) is 7.58. The van der Waals surface area contributed by atoms with Crippen LogP contribution in [0.2, 0.25) is 0 Å². The molecule has 0 radical (unpaired) electrons. The van der Waals surface area contributed by atoms with Gasteiger partial charge in [-0.25, -0.2) is 4.98 Å². The lowest BCUT2D eigenvalue weighted by molar-refractivity contribution is 0.0996. The molecule has 13 heavy (non-hydrogen) atoms. The van der Waals surface area contributed by atoms with Crippen LogP contribution >= 0.6 is 0 Å². The molecule has 3 heteroatoms. The van der Waals surface area contributed by atoms with Crippen molar-refractivity contribution in [3.05, 3.63) is 36.0 Å². The number of Topliss-reactive ketones (excluding diaryl/α,β-unsaturated/α-hetero) is 1.